The molecule has 236 valence electrons. The molecule has 2 saturated carbocycles. The third kappa shape index (κ3) is 4.51. The second-order valence-corrected chi connectivity index (χ2v) is 13.0. The first kappa shape index (κ1) is 32.5. The average Bonchev–Trinajstić information content (AvgIpc) is 2.86. The van der Waals surface area contributed by atoms with Gasteiger partial charge in [0.05, 0.1) is 30.3 Å². The summed E-state index contributed by atoms with van der Waals surface area (Å²) in [6.45, 7) is 9.82. The summed E-state index contributed by atoms with van der Waals surface area (Å²) in [6.07, 6.45) is -8.71. The molecule has 42 heavy (non-hydrogen) atoms. The molecule has 13 nitrogen and oxygen atoms in total. The molecule has 11 atom stereocenters. The molecule has 4 aliphatic rings. The molecule has 0 aromatic rings. The summed E-state index contributed by atoms with van der Waals surface area (Å²) >= 11 is 0. The highest BCUT2D eigenvalue weighted by Crippen LogP contribution is 2.63. The van der Waals surface area contributed by atoms with Crippen LogP contribution in [0.3, 0.4) is 0 Å². The lowest BCUT2D eigenvalue weighted by atomic mass is 9.45. The zero-order chi connectivity index (χ0) is 31.7. The highest BCUT2D eigenvalue weighted by Gasteiger charge is 2.76. The van der Waals surface area contributed by atoms with E-state index in [1.165, 1.54) is 21.0 Å². The number of fused-ring (bicyclic) bond motifs is 5. The third-order valence-electron chi connectivity index (χ3n) is 10.3. The molecule has 0 aromatic carbocycles. The minimum Gasteiger partial charge on any atom is -0.459 e. The van der Waals surface area contributed by atoms with Crippen LogP contribution in [-0.4, -0.2) is 112 Å². The van der Waals surface area contributed by atoms with Gasteiger partial charge in [-0.25, -0.2) is 4.79 Å². The van der Waals surface area contributed by atoms with E-state index in [1.54, 1.807) is 27.7 Å². The Labute approximate surface area is 244 Å². The van der Waals surface area contributed by atoms with E-state index in [1.807, 2.05) is 0 Å². The van der Waals surface area contributed by atoms with Gasteiger partial charge in [-0.1, -0.05) is 13.8 Å². The quantitative estimate of drug-likeness (QED) is 0.191. The van der Waals surface area contributed by atoms with Gasteiger partial charge in [0, 0.05) is 45.1 Å². The number of amides is 1. The van der Waals surface area contributed by atoms with Crippen LogP contribution in [0.25, 0.3) is 0 Å². The number of methoxy groups -OCH3 is 1. The molecule has 0 spiro atoms. The van der Waals surface area contributed by atoms with E-state index in [4.69, 9.17) is 18.9 Å². The Kier molecular flexibility index (Phi) is 8.23. The molecule has 1 aliphatic heterocycles. The number of nitrogens with one attached hydrogen (secondary N) is 1. The van der Waals surface area contributed by atoms with Crippen molar-refractivity contribution in [2.24, 2.45) is 16.7 Å². The van der Waals surface area contributed by atoms with Gasteiger partial charge in [0.15, 0.2) is 11.9 Å². The van der Waals surface area contributed by atoms with E-state index in [0.717, 1.165) is 6.92 Å². The molecule has 0 radical (unpaired) electrons. The second kappa shape index (κ2) is 10.6. The Morgan fingerprint density at radius 1 is 1.10 bits per heavy atom. The molecule has 2 bridgehead atoms. The van der Waals surface area contributed by atoms with Gasteiger partial charge in [-0.15, -0.1) is 0 Å². The molecule has 1 amide bonds. The van der Waals surface area contributed by atoms with Crippen molar-refractivity contribution >= 4 is 23.6 Å². The smallest absolute Gasteiger partial charge is 0.337 e. The van der Waals surface area contributed by atoms with Gasteiger partial charge in [-0.05, 0) is 31.9 Å². The molecular weight excluding hydrogens is 554 g/mol. The van der Waals surface area contributed by atoms with E-state index in [2.05, 4.69) is 5.32 Å². The fraction of sp³-hybridized carbons (Fsp3) is 0.793. The van der Waals surface area contributed by atoms with Crippen LogP contribution in [0, 0.1) is 16.7 Å². The lowest BCUT2D eigenvalue weighted by Crippen LogP contribution is -2.81. The topological polar surface area (TPSA) is 198 Å². The number of Topliss-reactive ketones (excluding diaryl/α,β-unsaturated/α-hetero) is 1. The number of aliphatic hydroxyl groups excluding tert-OH is 2. The highest BCUT2D eigenvalue weighted by atomic mass is 16.6. The normalized spacial score (nSPS) is 42.0. The first-order valence-corrected chi connectivity index (χ1v) is 14.1. The van der Waals surface area contributed by atoms with Crippen molar-refractivity contribution in [2.75, 3.05) is 13.7 Å². The predicted molar refractivity (Wildman–Crippen MR) is 143 cm³/mol. The van der Waals surface area contributed by atoms with Crippen molar-refractivity contribution in [3.05, 3.63) is 11.1 Å². The summed E-state index contributed by atoms with van der Waals surface area (Å²) in [5, 5.41) is 50.1. The van der Waals surface area contributed by atoms with Crippen molar-refractivity contribution in [3.63, 3.8) is 0 Å². The molecule has 1 saturated heterocycles. The molecule has 0 aromatic heterocycles. The number of carbonyl (C=O) groups is 4. The summed E-state index contributed by atoms with van der Waals surface area (Å²) in [4.78, 5) is 51.7. The average molecular weight is 598 g/mol. The molecule has 4 rings (SSSR count). The lowest BCUT2D eigenvalue weighted by Gasteiger charge is -2.66. The molecule has 3 aliphatic carbocycles. The fourth-order valence-electron chi connectivity index (χ4n) is 7.91. The molecule has 5 N–H and O–H groups in total. The van der Waals surface area contributed by atoms with E-state index in [9.17, 15) is 39.6 Å². The van der Waals surface area contributed by atoms with Crippen LogP contribution in [0.1, 0.15) is 61.3 Å². The molecule has 2 unspecified atom stereocenters. The Hall–Kier alpha value is -2.42. The minimum atomic E-state index is -2.13. The second-order valence-electron chi connectivity index (χ2n) is 13.0. The first-order valence-electron chi connectivity index (χ1n) is 14.1. The van der Waals surface area contributed by atoms with Crippen LogP contribution in [0.15, 0.2) is 11.1 Å². The highest BCUT2D eigenvalue weighted by molar-refractivity contribution is 5.93. The summed E-state index contributed by atoms with van der Waals surface area (Å²) in [5.41, 5.74) is -6.90. The fourth-order valence-corrected chi connectivity index (χ4v) is 7.91. The largest absolute Gasteiger partial charge is 0.459 e. The predicted octanol–water partition coefficient (Wildman–Crippen LogP) is -0.692. The van der Waals surface area contributed by atoms with Gasteiger partial charge < -0.3 is 44.7 Å². The van der Waals surface area contributed by atoms with Crippen molar-refractivity contribution in [1.29, 1.82) is 0 Å². The van der Waals surface area contributed by atoms with Crippen molar-refractivity contribution in [2.45, 2.75) is 115 Å². The number of esters is 2. The number of aliphatic hydroxyl groups is 4. The molecule has 3 fully saturated rings. The maximum absolute atomic E-state index is 14.2. The summed E-state index contributed by atoms with van der Waals surface area (Å²) in [7, 11) is 1.27. The minimum absolute atomic E-state index is 0.0472. The maximum Gasteiger partial charge on any atom is 0.337 e. The molecular formula is C29H43NO12. The Morgan fingerprint density at radius 2 is 1.71 bits per heavy atom. The number of carbonyl (C=O) groups excluding carboxylic acids is 4. The number of hydrogen-bond donors (Lipinski definition) is 5. The van der Waals surface area contributed by atoms with E-state index < -0.39 is 94.2 Å². The van der Waals surface area contributed by atoms with Crippen molar-refractivity contribution in [3.8, 4) is 0 Å². The SMILES string of the molecule is CO[C@@H](C(=O)O[C@H]1C[C@@]2(O)[C@@H](OC(C)=O)[C@@H]3[C@]4(O)COC4CC(O)[C@@]3(C)C(=O)[C@H](O)C(=C1C)C2(C)C)[C@H](C)NC(C)=O. The molecule has 13 heteroatoms. The van der Waals surface area contributed by atoms with Crippen molar-refractivity contribution in [1.82, 2.24) is 5.32 Å². The van der Waals surface area contributed by atoms with Crippen LogP contribution >= 0.6 is 0 Å². The third-order valence-corrected chi connectivity index (χ3v) is 10.3. The summed E-state index contributed by atoms with van der Waals surface area (Å²) in [6, 6.07) is -0.781. The number of ketones is 1. The Morgan fingerprint density at radius 3 is 2.21 bits per heavy atom. The van der Waals surface area contributed by atoms with Gasteiger partial charge in [0.2, 0.25) is 5.91 Å². The van der Waals surface area contributed by atoms with E-state index in [0.29, 0.717) is 5.57 Å². The first-order chi connectivity index (χ1) is 19.3. The number of rotatable bonds is 6. The number of ether oxygens (including phenoxy) is 4. The van der Waals surface area contributed by atoms with E-state index >= 15 is 0 Å². The van der Waals surface area contributed by atoms with Gasteiger partial charge in [-0.3, -0.25) is 14.4 Å². The standard InChI is InChI=1S/C29H43NO12/c1-12-16(42-25(36)21(39-8)13(2)30-14(3)31)10-29(38)24(41-15(4)32)22-27(7,17(33)9-18-28(22,37)11-40-18)23(35)20(34)19(12)26(29,5)6/h13,16-18,20-22,24,33-34,37-38H,9-11H2,1-8H3,(H,30,31)/t13-,16-,17?,18?,20+,21+,22-,24-,27+,28-,29+/m0/s1. The van der Waals surface area contributed by atoms with Crippen LogP contribution in [-0.2, 0) is 38.1 Å². The van der Waals surface area contributed by atoms with Crippen LogP contribution in [0.2, 0.25) is 0 Å². The van der Waals surface area contributed by atoms with Crippen LogP contribution in [0.5, 0.6) is 0 Å². The van der Waals surface area contributed by atoms with Crippen LogP contribution < -0.4 is 5.32 Å². The maximum atomic E-state index is 14.2. The van der Waals surface area contributed by atoms with Crippen LogP contribution in [0.4, 0.5) is 0 Å². The molecule has 1 heterocycles. The van der Waals surface area contributed by atoms with Gasteiger partial charge >= 0.3 is 11.9 Å². The van der Waals surface area contributed by atoms with E-state index in [-0.39, 0.29) is 25.0 Å². The van der Waals surface area contributed by atoms with Gasteiger partial charge in [0.1, 0.15) is 29.5 Å². The van der Waals surface area contributed by atoms with Gasteiger partial charge in [-0.2, -0.15) is 0 Å². The van der Waals surface area contributed by atoms with Gasteiger partial charge in [0.25, 0.3) is 0 Å². The zero-order valence-corrected chi connectivity index (χ0v) is 25.3. The summed E-state index contributed by atoms with van der Waals surface area (Å²) < 4.78 is 22.4. The lowest BCUT2D eigenvalue weighted by molar-refractivity contribution is -0.345. The monoisotopic (exact) mass is 597 g/mol. The Bertz CT molecular complexity index is 1200. The number of hydrogen-bond acceptors (Lipinski definition) is 12. The zero-order valence-electron chi connectivity index (χ0n) is 25.3. The summed E-state index contributed by atoms with van der Waals surface area (Å²) in [5.74, 6) is -4.32. The Balaban J connectivity index is 1.90. The van der Waals surface area contributed by atoms with Crippen molar-refractivity contribution < 1.29 is 58.6 Å².